The molecular formula is C26H28N2O6. The Labute approximate surface area is 197 Å². The zero-order valence-electron chi connectivity index (χ0n) is 18.7. The monoisotopic (exact) mass is 464 g/mol. The summed E-state index contributed by atoms with van der Waals surface area (Å²) in [5.74, 6) is -1.76. The van der Waals surface area contributed by atoms with E-state index in [2.05, 4.69) is 29.6 Å². The Morgan fingerprint density at radius 2 is 1.62 bits per heavy atom. The highest BCUT2D eigenvalue weighted by Gasteiger charge is 2.43. The minimum absolute atomic E-state index is 0.0226. The number of hydrogen-bond donors (Lipinski definition) is 3. The van der Waals surface area contributed by atoms with Gasteiger partial charge in [0.05, 0.1) is 6.10 Å². The molecule has 2 aromatic carbocycles. The number of aliphatic hydroxyl groups excluding tert-OH is 1. The van der Waals surface area contributed by atoms with E-state index in [1.54, 1.807) is 0 Å². The average Bonchev–Trinajstić information content (AvgIpc) is 3.53. The number of β-amino-alcohol motifs (C(OH)–C–C–N with tert-alkyl or cyclic N) is 1. The van der Waals surface area contributed by atoms with Gasteiger partial charge in [0.2, 0.25) is 5.91 Å². The van der Waals surface area contributed by atoms with Gasteiger partial charge in [-0.2, -0.15) is 0 Å². The van der Waals surface area contributed by atoms with Crippen LogP contribution in [0, 0.1) is 5.92 Å². The number of benzene rings is 2. The van der Waals surface area contributed by atoms with Crippen molar-refractivity contribution in [2.24, 2.45) is 5.92 Å². The molecule has 2 fully saturated rings. The molecule has 0 bridgehead atoms. The van der Waals surface area contributed by atoms with Gasteiger partial charge in [-0.15, -0.1) is 0 Å². The first-order valence-electron chi connectivity index (χ1n) is 11.7. The van der Waals surface area contributed by atoms with Crippen LogP contribution in [-0.2, 0) is 14.3 Å². The standard InChI is InChI=1S/C26H28N2O6/c29-17-12-23(25(31)32)28(13-17)24(30)15-9-10-16(11-15)27-26(33)34-14-22-20-7-3-1-5-18(20)19-6-2-4-8-21(19)22/h1-8,15-17,22-23,29H,9-14H2,(H,27,33)(H,31,32)/t15?,16?,17?,23-/m0/s1. The van der Waals surface area contributed by atoms with Gasteiger partial charge in [0.15, 0.2) is 0 Å². The SMILES string of the molecule is O=C(NC1CCC(C(=O)N2CC(O)C[C@H]2C(=O)O)C1)OCC1c2ccccc2-c2ccccc21. The van der Waals surface area contributed by atoms with Crippen LogP contribution in [0.2, 0.25) is 0 Å². The molecule has 1 heterocycles. The molecule has 8 heteroatoms. The highest BCUT2D eigenvalue weighted by molar-refractivity contribution is 5.86. The van der Waals surface area contributed by atoms with Crippen LogP contribution in [0.25, 0.3) is 11.1 Å². The minimum Gasteiger partial charge on any atom is -0.480 e. The lowest BCUT2D eigenvalue weighted by atomic mass is 9.98. The minimum atomic E-state index is -1.10. The number of carbonyl (C=O) groups excluding carboxylic acids is 2. The first-order valence-corrected chi connectivity index (χ1v) is 11.7. The van der Waals surface area contributed by atoms with E-state index in [0.717, 1.165) is 22.3 Å². The summed E-state index contributed by atoms with van der Waals surface area (Å²) in [6.45, 7) is 0.262. The van der Waals surface area contributed by atoms with Crippen molar-refractivity contribution in [1.29, 1.82) is 0 Å². The van der Waals surface area contributed by atoms with E-state index in [1.807, 2.05) is 24.3 Å². The third-order valence-electron chi connectivity index (χ3n) is 7.29. The Morgan fingerprint density at radius 3 is 2.26 bits per heavy atom. The van der Waals surface area contributed by atoms with Crippen LogP contribution in [0.3, 0.4) is 0 Å². The molecular weight excluding hydrogens is 436 g/mol. The van der Waals surface area contributed by atoms with E-state index in [4.69, 9.17) is 4.74 Å². The normalized spacial score (nSPS) is 25.6. The molecule has 1 saturated carbocycles. The van der Waals surface area contributed by atoms with E-state index in [9.17, 15) is 24.6 Å². The molecule has 8 nitrogen and oxygen atoms in total. The lowest BCUT2D eigenvalue weighted by Gasteiger charge is -2.24. The second kappa shape index (κ2) is 9.10. The number of amides is 2. The fourth-order valence-corrected chi connectivity index (χ4v) is 5.67. The molecule has 3 N–H and O–H groups in total. The molecule has 34 heavy (non-hydrogen) atoms. The molecule has 0 spiro atoms. The van der Waals surface area contributed by atoms with E-state index < -0.39 is 24.2 Å². The lowest BCUT2D eigenvalue weighted by Crippen LogP contribution is -2.43. The van der Waals surface area contributed by atoms with E-state index in [-0.39, 0.29) is 43.4 Å². The summed E-state index contributed by atoms with van der Waals surface area (Å²) in [5.41, 5.74) is 4.61. The van der Waals surface area contributed by atoms with Crippen LogP contribution >= 0.6 is 0 Å². The Kier molecular flexibility index (Phi) is 6.00. The number of rotatable bonds is 5. The van der Waals surface area contributed by atoms with Crippen LogP contribution in [-0.4, -0.2) is 64.4 Å². The van der Waals surface area contributed by atoms with Gasteiger partial charge in [-0.3, -0.25) is 4.79 Å². The first kappa shape index (κ1) is 22.4. The van der Waals surface area contributed by atoms with Crippen LogP contribution < -0.4 is 5.32 Å². The van der Waals surface area contributed by atoms with Gasteiger partial charge in [0.25, 0.3) is 0 Å². The number of alkyl carbamates (subject to hydrolysis) is 1. The number of hydrogen-bond acceptors (Lipinski definition) is 5. The molecule has 0 radical (unpaired) electrons. The second-order valence-corrected chi connectivity index (χ2v) is 9.41. The number of likely N-dealkylation sites (tertiary alicyclic amines) is 1. The number of fused-ring (bicyclic) bond motifs is 3. The van der Waals surface area contributed by atoms with E-state index >= 15 is 0 Å². The van der Waals surface area contributed by atoms with Crippen molar-refractivity contribution in [2.45, 2.75) is 49.8 Å². The van der Waals surface area contributed by atoms with E-state index in [1.165, 1.54) is 4.90 Å². The second-order valence-electron chi connectivity index (χ2n) is 9.41. The zero-order valence-corrected chi connectivity index (χ0v) is 18.7. The van der Waals surface area contributed by atoms with Crippen LogP contribution in [0.1, 0.15) is 42.7 Å². The molecule has 2 aliphatic carbocycles. The van der Waals surface area contributed by atoms with Crippen molar-refractivity contribution in [2.75, 3.05) is 13.2 Å². The van der Waals surface area contributed by atoms with Crippen molar-refractivity contribution in [3.05, 3.63) is 59.7 Å². The number of aliphatic carboxylic acids is 1. The summed E-state index contributed by atoms with van der Waals surface area (Å²) in [4.78, 5) is 38.2. The van der Waals surface area contributed by atoms with Gasteiger partial charge in [-0.1, -0.05) is 48.5 Å². The number of aliphatic hydroxyl groups is 1. The van der Waals surface area contributed by atoms with Gasteiger partial charge < -0.3 is 25.2 Å². The van der Waals surface area contributed by atoms with Crippen molar-refractivity contribution in [3.63, 3.8) is 0 Å². The first-order chi connectivity index (χ1) is 16.4. The highest BCUT2D eigenvalue weighted by atomic mass is 16.5. The molecule has 178 valence electrons. The number of carbonyl (C=O) groups is 3. The van der Waals surface area contributed by atoms with Crippen molar-refractivity contribution >= 4 is 18.0 Å². The Hall–Kier alpha value is -3.39. The summed E-state index contributed by atoms with van der Waals surface area (Å²) in [7, 11) is 0. The number of ether oxygens (including phenoxy) is 1. The molecule has 2 aromatic rings. The molecule has 5 rings (SSSR count). The van der Waals surface area contributed by atoms with Crippen molar-refractivity contribution in [3.8, 4) is 11.1 Å². The third-order valence-corrected chi connectivity index (χ3v) is 7.29. The topological polar surface area (TPSA) is 116 Å². The van der Waals surface area contributed by atoms with Crippen LogP contribution in [0.4, 0.5) is 4.79 Å². The fraction of sp³-hybridized carbons (Fsp3) is 0.423. The quantitative estimate of drug-likeness (QED) is 0.627. The number of nitrogens with one attached hydrogen (secondary N) is 1. The van der Waals surface area contributed by atoms with Crippen LogP contribution in [0.15, 0.2) is 48.5 Å². The number of nitrogens with zero attached hydrogens (tertiary/aromatic N) is 1. The van der Waals surface area contributed by atoms with Crippen molar-refractivity contribution in [1.82, 2.24) is 10.2 Å². The van der Waals surface area contributed by atoms with Gasteiger partial charge in [-0.25, -0.2) is 9.59 Å². The zero-order chi connectivity index (χ0) is 23.8. The van der Waals surface area contributed by atoms with Crippen molar-refractivity contribution < 1.29 is 29.3 Å². The Bertz CT molecular complexity index is 1070. The molecule has 0 aromatic heterocycles. The maximum atomic E-state index is 12.9. The van der Waals surface area contributed by atoms with E-state index in [0.29, 0.717) is 19.3 Å². The Morgan fingerprint density at radius 1 is 0.971 bits per heavy atom. The fourth-order valence-electron chi connectivity index (χ4n) is 5.67. The Balaban J connectivity index is 1.16. The molecule has 3 aliphatic rings. The van der Waals surface area contributed by atoms with Gasteiger partial charge in [0.1, 0.15) is 12.6 Å². The highest BCUT2D eigenvalue weighted by Crippen LogP contribution is 2.44. The summed E-state index contributed by atoms with van der Waals surface area (Å²) in [6.07, 6.45) is 0.332. The number of carboxylic acids is 1. The maximum Gasteiger partial charge on any atom is 0.407 e. The van der Waals surface area contributed by atoms with Gasteiger partial charge in [-0.05, 0) is 41.5 Å². The molecule has 2 amide bonds. The van der Waals surface area contributed by atoms with Crippen LogP contribution in [0.5, 0.6) is 0 Å². The van der Waals surface area contributed by atoms with Gasteiger partial charge >= 0.3 is 12.1 Å². The molecule has 4 atom stereocenters. The summed E-state index contributed by atoms with van der Waals surface area (Å²) >= 11 is 0. The number of carboxylic acid groups (broad SMARTS) is 1. The predicted molar refractivity (Wildman–Crippen MR) is 123 cm³/mol. The molecule has 1 saturated heterocycles. The largest absolute Gasteiger partial charge is 0.480 e. The summed E-state index contributed by atoms with van der Waals surface area (Å²) in [5, 5.41) is 22.1. The smallest absolute Gasteiger partial charge is 0.407 e. The predicted octanol–water partition coefficient (Wildman–Crippen LogP) is 2.74. The molecule has 3 unspecified atom stereocenters. The third kappa shape index (κ3) is 4.14. The lowest BCUT2D eigenvalue weighted by molar-refractivity contribution is -0.149. The van der Waals surface area contributed by atoms with Gasteiger partial charge in [0, 0.05) is 30.8 Å². The molecule has 1 aliphatic heterocycles. The summed E-state index contributed by atoms with van der Waals surface area (Å²) < 4.78 is 5.60. The average molecular weight is 465 g/mol. The summed E-state index contributed by atoms with van der Waals surface area (Å²) in [6, 6.07) is 15.1. The maximum absolute atomic E-state index is 12.9.